The Labute approximate surface area is 281 Å². The number of benzene rings is 1. The molecule has 2 amide bonds. The second-order valence-corrected chi connectivity index (χ2v) is 12.9. The number of hydrogen-bond acceptors (Lipinski definition) is 8. The third-order valence-electron chi connectivity index (χ3n) is 7.54. The molecule has 0 radical (unpaired) electrons. The first-order valence-corrected chi connectivity index (χ1v) is 15.7. The van der Waals surface area contributed by atoms with Crippen LogP contribution in [0.5, 0.6) is 5.75 Å². The molecule has 1 atom stereocenters. The molecule has 11 nitrogen and oxygen atoms in total. The zero-order chi connectivity index (χ0) is 34.8. The van der Waals surface area contributed by atoms with Gasteiger partial charge in [0.25, 0.3) is 5.56 Å². The maximum Gasteiger partial charge on any atom is 0.404 e. The first kappa shape index (κ1) is 35.4. The van der Waals surface area contributed by atoms with Crippen molar-refractivity contribution < 1.29 is 23.5 Å². The van der Waals surface area contributed by atoms with Crippen molar-refractivity contribution in [3.05, 3.63) is 69.0 Å². The number of carbonyl (C=O) groups is 2. The lowest BCUT2D eigenvalue weighted by atomic mass is 9.89. The number of pyridine rings is 3. The smallest absolute Gasteiger partial charge is 0.404 e. The predicted octanol–water partition coefficient (Wildman–Crippen LogP) is 6.78. The number of nitrogens with two attached hydrogens (primary N) is 1. The number of primary amides is 1. The molecule has 1 unspecified atom stereocenters. The number of nitrogens with zero attached hydrogens (tertiary/aromatic N) is 3. The minimum absolute atomic E-state index is 0.00965. The SMILES string of the molecule is COc1cccc(F)c1-c1nc2c(cc1Cl)c(NCC(OC(N)=O)C(C)(C)C)c(NC(=O)CCl)c(=O)n2-c1c(C)ccnc1C(C)C. The van der Waals surface area contributed by atoms with E-state index in [4.69, 9.17) is 43.4 Å². The van der Waals surface area contributed by atoms with Crippen molar-refractivity contribution in [2.24, 2.45) is 11.1 Å². The Morgan fingerprint density at radius 1 is 1.17 bits per heavy atom. The number of carbonyl (C=O) groups excluding carboxylic acids is 2. The Morgan fingerprint density at radius 3 is 2.47 bits per heavy atom. The van der Waals surface area contributed by atoms with Crippen LogP contribution >= 0.6 is 23.2 Å². The predicted molar refractivity (Wildman–Crippen MR) is 183 cm³/mol. The van der Waals surface area contributed by atoms with Crippen molar-refractivity contribution in [2.75, 3.05) is 30.2 Å². The lowest BCUT2D eigenvalue weighted by molar-refractivity contribution is -0.113. The highest BCUT2D eigenvalue weighted by atomic mass is 35.5. The molecule has 0 bridgehead atoms. The number of ether oxygens (including phenoxy) is 2. The van der Waals surface area contributed by atoms with Crippen LogP contribution in [0.25, 0.3) is 28.0 Å². The number of aromatic nitrogens is 3. The number of fused-ring (bicyclic) bond motifs is 1. The van der Waals surface area contributed by atoms with Gasteiger partial charge in [0.05, 0.1) is 47.0 Å². The molecule has 3 heterocycles. The van der Waals surface area contributed by atoms with Crippen LogP contribution in [0.1, 0.15) is 51.8 Å². The van der Waals surface area contributed by atoms with Crippen molar-refractivity contribution >= 4 is 57.6 Å². The number of anilines is 2. The van der Waals surface area contributed by atoms with Gasteiger partial charge in [-0.15, -0.1) is 11.6 Å². The van der Waals surface area contributed by atoms with Gasteiger partial charge >= 0.3 is 6.09 Å². The quantitative estimate of drug-likeness (QED) is 0.155. The molecule has 4 N–H and O–H groups in total. The highest BCUT2D eigenvalue weighted by Gasteiger charge is 2.31. The maximum absolute atomic E-state index is 15.4. The molecule has 4 rings (SSSR count). The van der Waals surface area contributed by atoms with Gasteiger partial charge < -0.3 is 25.8 Å². The number of aryl methyl sites for hydroxylation is 1. The van der Waals surface area contributed by atoms with Crippen LogP contribution in [-0.4, -0.2) is 52.2 Å². The average molecular weight is 688 g/mol. The van der Waals surface area contributed by atoms with Gasteiger partial charge in [-0.05, 0) is 42.7 Å². The van der Waals surface area contributed by atoms with E-state index in [0.717, 1.165) is 0 Å². The molecular weight excluding hydrogens is 650 g/mol. The first-order valence-electron chi connectivity index (χ1n) is 14.7. The average Bonchev–Trinajstić information content (AvgIpc) is 3.00. The summed E-state index contributed by atoms with van der Waals surface area (Å²) in [7, 11) is 1.39. The summed E-state index contributed by atoms with van der Waals surface area (Å²) < 4.78 is 27.6. The molecule has 0 aliphatic carbocycles. The number of halogens is 3. The summed E-state index contributed by atoms with van der Waals surface area (Å²) in [4.78, 5) is 48.6. The lowest BCUT2D eigenvalue weighted by Crippen LogP contribution is -2.39. The number of nitrogens with one attached hydrogen (secondary N) is 2. The Kier molecular flexibility index (Phi) is 10.7. The summed E-state index contributed by atoms with van der Waals surface area (Å²) in [5.74, 6) is -1.71. The normalized spacial score (nSPS) is 12.2. The van der Waals surface area contributed by atoms with Gasteiger partial charge in [0.1, 0.15) is 34.9 Å². The van der Waals surface area contributed by atoms with Gasteiger partial charge in [-0.2, -0.15) is 0 Å². The highest BCUT2D eigenvalue weighted by molar-refractivity contribution is 6.34. The summed E-state index contributed by atoms with van der Waals surface area (Å²) in [6.07, 6.45) is -0.115. The van der Waals surface area contributed by atoms with Crippen molar-refractivity contribution in [3.63, 3.8) is 0 Å². The summed E-state index contributed by atoms with van der Waals surface area (Å²) >= 11 is 12.7. The monoisotopic (exact) mass is 686 g/mol. The number of rotatable bonds is 10. The van der Waals surface area contributed by atoms with Crippen LogP contribution in [-0.2, 0) is 9.53 Å². The van der Waals surface area contributed by atoms with E-state index in [1.165, 1.54) is 29.9 Å². The van der Waals surface area contributed by atoms with Gasteiger partial charge in [-0.1, -0.05) is 52.3 Å². The van der Waals surface area contributed by atoms with E-state index in [1.807, 2.05) is 41.5 Å². The van der Waals surface area contributed by atoms with E-state index in [1.54, 1.807) is 18.3 Å². The summed E-state index contributed by atoms with van der Waals surface area (Å²) in [6, 6.07) is 7.57. The molecule has 14 heteroatoms. The molecule has 47 heavy (non-hydrogen) atoms. The van der Waals surface area contributed by atoms with Crippen LogP contribution < -0.4 is 26.7 Å². The lowest BCUT2D eigenvalue weighted by Gasteiger charge is -2.30. The molecule has 4 aromatic rings. The van der Waals surface area contributed by atoms with Crippen LogP contribution in [0.4, 0.5) is 20.6 Å². The number of alkyl halides is 1. The van der Waals surface area contributed by atoms with E-state index in [2.05, 4.69) is 15.6 Å². The summed E-state index contributed by atoms with van der Waals surface area (Å²) in [6.45, 7) is 11.2. The third-order valence-corrected chi connectivity index (χ3v) is 8.07. The van der Waals surface area contributed by atoms with Crippen molar-refractivity contribution in [1.82, 2.24) is 14.5 Å². The molecule has 0 aliphatic rings. The fourth-order valence-corrected chi connectivity index (χ4v) is 5.50. The second kappa shape index (κ2) is 14.1. The number of hydrogen-bond donors (Lipinski definition) is 3. The fraction of sp³-hybridized carbons (Fsp3) is 0.364. The van der Waals surface area contributed by atoms with E-state index in [-0.39, 0.29) is 56.9 Å². The Bertz CT molecular complexity index is 1910. The first-order chi connectivity index (χ1) is 22.1. The largest absolute Gasteiger partial charge is 0.496 e. The van der Waals surface area contributed by atoms with E-state index in [9.17, 15) is 14.4 Å². The topological polar surface area (TPSA) is 150 Å². The molecule has 3 aromatic heterocycles. The van der Waals surface area contributed by atoms with E-state index >= 15 is 4.39 Å². The van der Waals surface area contributed by atoms with Crippen molar-refractivity contribution in [2.45, 2.75) is 53.6 Å². The van der Waals surface area contributed by atoms with Crippen LogP contribution in [0.3, 0.4) is 0 Å². The zero-order valence-electron chi connectivity index (χ0n) is 27.1. The van der Waals surface area contributed by atoms with E-state index < -0.39 is 40.8 Å². The summed E-state index contributed by atoms with van der Waals surface area (Å²) in [5.41, 5.74) is 5.83. The van der Waals surface area contributed by atoms with Gasteiger partial charge in [0, 0.05) is 17.0 Å². The molecule has 250 valence electrons. The number of amides is 2. The maximum atomic E-state index is 15.4. The molecule has 0 aliphatic heterocycles. The van der Waals surface area contributed by atoms with Crippen molar-refractivity contribution in [1.29, 1.82) is 0 Å². The molecule has 0 saturated carbocycles. The van der Waals surface area contributed by atoms with Crippen LogP contribution in [0.2, 0.25) is 5.02 Å². The third kappa shape index (κ3) is 7.28. The Morgan fingerprint density at radius 2 is 1.87 bits per heavy atom. The Balaban J connectivity index is 2.20. The van der Waals surface area contributed by atoms with Gasteiger partial charge in [-0.25, -0.2) is 14.2 Å². The molecule has 0 spiro atoms. The number of methoxy groups -OCH3 is 1. The van der Waals surface area contributed by atoms with Gasteiger partial charge in [0.15, 0.2) is 0 Å². The molecular formula is C33H37Cl2FN6O5. The van der Waals surface area contributed by atoms with Gasteiger partial charge in [0.2, 0.25) is 5.91 Å². The van der Waals surface area contributed by atoms with E-state index in [0.29, 0.717) is 16.9 Å². The fourth-order valence-electron chi connectivity index (χ4n) is 5.19. The zero-order valence-corrected chi connectivity index (χ0v) is 28.6. The van der Waals surface area contributed by atoms with Crippen molar-refractivity contribution in [3.8, 4) is 22.7 Å². The van der Waals surface area contributed by atoms with Gasteiger partial charge in [-0.3, -0.25) is 19.1 Å². The summed E-state index contributed by atoms with van der Waals surface area (Å²) in [5, 5.41) is 6.10. The van der Waals surface area contributed by atoms with Crippen LogP contribution in [0.15, 0.2) is 41.3 Å². The highest BCUT2D eigenvalue weighted by Crippen LogP contribution is 2.40. The molecule has 1 aromatic carbocycles. The minimum Gasteiger partial charge on any atom is -0.496 e. The Hall–Kier alpha value is -4.42. The molecule has 0 fully saturated rings. The second-order valence-electron chi connectivity index (χ2n) is 12.3. The standard InChI is InChI=1S/C33H37Cl2FN6O5/c1-16(2)25-29(17(3)11-12-38-25)42-30-18(13-19(35)27(41-30)24-20(36)9-8-10-21(24)46-7)26(28(31(42)44)40-23(43)14-34)39-15-22(33(4,5)6)47-32(37)45/h8-13,16,22,39H,14-15H2,1-7H3,(H2,37,45)(H,40,43). The minimum atomic E-state index is -0.982. The van der Waals surface area contributed by atoms with Crippen LogP contribution in [0, 0.1) is 18.2 Å². The molecule has 0 saturated heterocycles.